The molecule has 100 valence electrons. The van der Waals surface area contributed by atoms with Crippen molar-refractivity contribution in [2.45, 2.75) is 19.4 Å². The van der Waals surface area contributed by atoms with Crippen molar-refractivity contribution in [2.75, 3.05) is 19.7 Å². The number of halogens is 2. The minimum Gasteiger partial charge on any atom is -0.488 e. The summed E-state index contributed by atoms with van der Waals surface area (Å²) >= 11 is 12.7. The Hall–Kier alpha value is -0.900. The highest BCUT2D eigenvalue weighted by atomic mass is 35.5. The zero-order valence-electron chi connectivity index (χ0n) is 10.4. The Balaban J connectivity index is 2.15. The van der Waals surface area contributed by atoms with Gasteiger partial charge in [-0.2, -0.15) is 0 Å². The molecule has 0 saturated carbocycles. The van der Waals surface area contributed by atoms with Crippen molar-refractivity contribution in [1.29, 1.82) is 0 Å². The number of nitrogens with zero attached hydrogens (tertiary/aromatic N) is 1. The van der Waals surface area contributed by atoms with E-state index < -0.39 is 0 Å². The number of aromatic nitrogens is 1. The van der Waals surface area contributed by atoms with Crippen LogP contribution in [0.1, 0.15) is 11.3 Å². The zero-order chi connectivity index (χ0) is 13.0. The Morgan fingerprint density at radius 3 is 2.89 bits per heavy atom. The Morgan fingerprint density at radius 2 is 2.00 bits per heavy atom. The molecule has 3 nitrogen and oxygen atoms in total. The molecule has 0 saturated heterocycles. The molecule has 0 amide bonds. The molecule has 2 aliphatic heterocycles. The summed E-state index contributed by atoms with van der Waals surface area (Å²) in [6.45, 7) is 3.58. The topological polar surface area (TPSA) is 26.2 Å². The van der Waals surface area contributed by atoms with Gasteiger partial charge in [0, 0.05) is 24.0 Å². The van der Waals surface area contributed by atoms with Gasteiger partial charge in [-0.1, -0.05) is 23.2 Å². The monoisotopic (exact) mass is 296 g/mol. The quantitative estimate of drug-likeness (QED) is 0.809. The first-order valence-corrected chi connectivity index (χ1v) is 7.38. The number of hydrogen-bond acceptors (Lipinski definition) is 2. The van der Waals surface area contributed by atoms with E-state index in [1.54, 1.807) is 0 Å². The minimum absolute atomic E-state index is 0.615. The van der Waals surface area contributed by atoms with E-state index in [0.717, 1.165) is 54.2 Å². The van der Waals surface area contributed by atoms with Gasteiger partial charge < -0.3 is 14.6 Å². The van der Waals surface area contributed by atoms with E-state index in [1.807, 2.05) is 6.07 Å². The van der Waals surface area contributed by atoms with Gasteiger partial charge in [0.05, 0.1) is 22.1 Å². The summed E-state index contributed by atoms with van der Waals surface area (Å²) in [5.41, 5.74) is 3.86. The average molecular weight is 297 g/mol. The van der Waals surface area contributed by atoms with E-state index in [4.69, 9.17) is 27.9 Å². The molecule has 0 atom stereocenters. The van der Waals surface area contributed by atoms with Crippen LogP contribution in [0.25, 0.3) is 10.9 Å². The van der Waals surface area contributed by atoms with Crippen molar-refractivity contribution in [3.63, 3.8) is 0 Å². The third-order valence-corrected chi connectivity index (χ3v) is 4.64. The van der Waals surface area contributed by atoms with Gasteiger partial charge in [0.1, 0.15) is 6.61 Å². The summed E-state index contributed by atoms with van der Waals surface area (Å²) in [4.78, 5) is 0. The number of benzene rings is 1. The maximum absolute atomic E-state index is 6.45. The SMILES string of the molecule is Clc1cc(Cl)c2c3c(n4c2c1OCC4)CCNCC3. The van der Waals surface area contributed by atoms with E-state index in [0.29, 0.717) is 11.6 Å². The molecule has 0 radical (unpaired) electrons. The summed E-state index contributed by atoms with van der Waals surface area (Å²) in [6, 6.07) is 1.81. The number of nitrogens with one attached hydrogen (secondary N) is 1. The predicted molar refractivity (Wildman–Crippen MR) is 77.7 cm³/mol. The third-order valence-electron chi connectivity index (χ3n) is 4.06. The number of fused-ring (bicyclic) bond motifs is 3. The van der Waals surface area contributed by atoms with Crippen LogP contribution in [0, 0.1) is 0 Å². The van der Waals surface area contributed by atoms with Crippen LogP contribution < -0.4 is 10.1 Å². The van der Waals surface area contributed by atoms with Crippen LogP contribution in [0.3, 0.4) is 0 Å². The van der Waals surface area contributed by atoms with E-state index in [1.165, 1.54) is 11.3 Å². The summed E-state index contributed by atoms with van der Waals surface area (Å²) in [5.74, 6) is 0.799. The van der Waals surface area contributed by atoms with Crippen LogP contribution >= 0.6 is 23.2 Å². The summed E-state index contributed by atoms with van der Waals surface area (Å²) in [7, 11) is 0. The zero-order valence-corrected chi connectivity index (χ0v) is 11.9. The van der Waals surface area contributed by atoms with Crippen molar-refractivity contribution in [3.8, 4) is 5.75 Å². The van der Waals surface area contributed by atoms with Crippen LogP contribution in [0.2, 0.25) is 10.0 Å². The number of ether oxygens (including phenoxy) is 1. The Morgan fingerprint density at radius 1 is 1.16 bits per heavy atom. The van der Waals surface area contributed by atoms with Crippen LogP contribution in [-0.4, -0.2) is 24.3 Å². The molecule has 0 spiro atoms. The lowest BCUT2D eigenvalue weighted by Crippen LogP contribution is -2.19. The third kappa shape index (κ3) is 1.62. The largest absolute Gasteiger partial charge is 0.488 e. The molecule has 3 heterocycles. The molecular weight excluding hydrogens is 283 g/mol. The first kappa shape index (κ1) is 11.9. The smallest absolute Gasteiger partial charge is 0.162 e. The lowest BCUT2D eigenvalue weighted by Gasteiger charge is -2.20. The lowest BCUT2D eigenvalue weighted by molar-refractivity contribution is 0.285. The number of hydrogen-bond donors (Lipinski definition) is 1. The minimum atomic E-state index is 0.615. The van der Waals surface area contributed by atoms with Crippen molar-refractivity contribution < 1.29 is 4.74 Å². The molecule has 0 aliphatic carbocycles. The molecule has 4 rings (SSSR count). The van der Waals surface area contributed by atoms with Gasteiger partial charge in [0.25, 0.3) is 0 Å². The van der Waals surface area contributed by atoms with Gasteiger partial charge in [-0.05, 0) is 24.6 Å². The van der Waals surface area contributed by atoms with Gasteiger partial charge in [0.2, 0.25) is 0 Å². The molecule has 2 aromatic rings. The summed E-state index contributed by atoms with van der Waals surface area (Å²) in [5, 5.41) is 5.94. The molecule has 1 N–H and O–H groups in total. The van der Waals surface area contributed by atoms with Crippen LogP contribution in [-0.2, 0) is 19.4 Å². The molecule has 0 fully saturated rings. The van der Waals surface area contributed by atoms with E-state index >= 15 is 0 Å². The average Bonchev–Trinajstić information content (AvgIpc) is 2.57. The Bertz CT molecular complexity index is 674. The molecule has 5 heteroatoms. The summed E-state index contributed by atoms with van der Waals surface area (Å²) in [6.07, 6.45) is 2.05. The maximum atomic E-state index is 6.45. The molecule has 19 heavy (non-hydrogen) atoms. The standard InChI is InChI=1S/C14H14Cl2N2O/c15-9-7-10(16)14-13-12(9)8-1-3-17-4-2-11(8)18(13)5-6-19-14/h7,17H,1-6H2. The van der Waals surface area contributed by atoms with Crippen molar-refractivity contribution >= 4 is 34.1 Å². The van der Waals surface area contributed by atoms with Crippen molar-refractivity contribution in [2.24, 2.45) is 0 Å². The van der Waals surface area contributed by atoms with Gasteiger partial charge >= 0.3 is 0 Å². The molecule has 2 aliphatic rings. The fourth-order valence-electron chi connectivity index (χ4n) is 3.30. The Kier molecular flexibility index (Phi) is 2.69. The second-order valence-corrected chi connectivity index (χ2v) is 5.88. The normalized spacial score (nSPS) is 18.0. The highest BCUT2D eigenvalue weighted by molar-refractivity contribution is 6.40. The van der Waals surface area contributed by atoms with Crippen LogP contribution in [0.15, 0.2) is 6.07 Å². The van der Waals surface area contributed by atoms with Crippen molar-refractivity contribution in [1.82, 2.24) is 9.88 Å². The van der Waals surface area contributed by atoms with E-state index in [2.05, 4.69) is 9.88 Å². The highest BCUT2D eigenvalue weighted by Gasteiger charge is 2.27. The van der Waals surface area contributed by atoms with Gasteiger partial charge in [-0.25, -0.2) is 0 Å². The number of rotatable bonds is 0. The molecule has 1 aromatic carbocycles. The van der Waals surface area contributed by atoms with Crippen LogP contribution in [0.5, 0.6) is 5.75 Å². The second-order valence-electron chi connectivity index (χ2n) is 5.07. The van der Waals surface area contributed by atoms with E-state index in [9.17, 15) is 0 Å². The summed E-state index contributed by atoms with van der Waals surface area (Å²) < 4.78 is 8.12. The fourth-order valence-corrected chi connectivity index (χ4v) is 3.92. The molecular formula is C14H14Cl2N2O. The predicted octanol–water partition coefficient (Wildman–Crippen LogP) is 3.03. The lowest BCUT2D eigenvalue weighted by atomic mass is 10.1. The van der Waals surface area contributed by atoms with Gasteiger partial charge in [0.15, 0.2) is 5.75 Å². The second kappa shape index (κ2) is 4.30. The Labute approximate surface area is 121 Å². The van der Waals surface area contributed by atoms with Crippen molar-refractivity contribution in [3.05, 3.63) is 27.4 Å². The molecule has 1 aromatic heterocycles. The fraction of sp³-hybridized carbons (Fsp3) is 0.429. The van der Waals surface area contributed by atoms with Gasteiger partial charge in [-0.3, -0.25) is 0 Å². The van der Waals surface area contributed by atoms with Gasteiger partial charge in [-0.15, -0.1) is 0 Å². The first-order chi connectivity index (χ1) is 9.27. The van der Waals surface area contributed by atoms with E-state index in [-0.39, 0.29) is 0 Å². The highest BCUT2D eigenvalue weighted by Crippen LogP contribution is 2.44. The molecule has 0 unspecified atom stereocenters. The first-order valence-electron chi connectivity index (χ1n) is 6.63. The van der Waals surface area contributed by atoms with Crippen LogP contribution in [0.4, 0.5) is 0 Å². The molecule has 0 bridgehead atoms. The maximum Gasteiger partial charge on any atom is 0.162 e.